The van der Waals surface area contributed by atoms with Crippen molar-refractivity contribution in [2.24, 2.45) is 0 Å². The van der Waals surface area contributed by atoms with Gasteiger partial charge in [-0.2, -0.15) is 8.39 Å². The molecule has 49 heavy (non-hydrogen) atoms. The Bertz CT molecular complexity index is 1760. The van der Waals surface area contributed by atoms with E-state index < -0.39 is 135 Å². The highest BCUT2D eigenvalue weighted by molar-refractivity contribution is 7.74. The van der Waals surface area contributed by atoms with Crippen LogP contribution in [0.25, 0.3) is 0 Å². The molecule has 0 spiro atoms. The fraction of sp³-hybridized carbons (Fsp3) is 0.222. The van der Waals surface area contributed by atoms with Crippen LogP contribution in [0.15, 0.2) is 36.4 Å². The molecule has 1 heterocycles. The van der Waals surface area contributed by atoms with Crippen molar-refractivity contribution in [1.82, 2.24) is 0 Å². The molecule has 0 bridgehead atoms. The predicted molar refractivity (Wildman–Crippen MR) is 151 cm³/mol. The number of aromatic hydroxyl groups is 9. The zero-order valence-corrected chi connectivity index (χ0v) is 24.7. The van der Waals surface area contributed by atoms with Crippen LogP contribution in [0.1, 0.15) is 31.1 Å². The average molecular weight is 717 g/mol. The molecule has 21 nitrogen and oxygen atoms in total. The number of phenolic OH excluding ortho intramolecular Hbond substituents is 9. The van der Waals surface area contributed by atoms with Gasteiger partial charge in [-0.25, -0.2) is 14.4 Å². The van der Waals surface area contributed by atoms with Crippen molar-refractivity contribution in [3.8, 4) is 51.7 Å². The molecule has 1 saturated heterocycles. The molecule has 0 saturated carbocycles. The van der Waals surface area contributed by atoms with Gasteiger partial charge < -0.3 is 75.1 Å². The van der Waals surface area contributed by atoms with E-state index in [0.29, 0.717) is 36.4 Å². The average Bonchev–Trinajstić information content (AvgIpc) is 3.03. The molecule has 0 aromatic heterocycles. The Morgan fingerprint density at radius 3 is 1.47 bits per heavy atom. The number of ether oxygens (including phenoxy) is 4. The summed E-state index contributed by atoms with van der Waals surface area (Å²) in [5.41, 5.74) is -2.14. The monoisotopic (exact) mass is 716 g/mol. The van der Waals surface area contributed by atoms with Crippen molar-refractivity contribution < 1.29 is 102 Å². The Morgan fingerprint density at radius 2 is 1.06 bits per heavy atom. The smallest absolute Gasteiger partial charge is 0.375 e. The number of hydrogen-bond acceptors (Lipinski definition) is 20. The molecule has 0 aliphatic carbocycles. The second-order valence-corrected chi connectivity index (χ2v) is 10.5. The third-order valence-electron chi connectivity index (χ3n) is 6.67. The van der Waals surface area contributed by atoms with Gasteiger partial charge in [0.2, 0.25) is 0 Å². The highest BCUT2D eigenvalue weighted by Gasteiger charge is 2.61. The number of rotatable bonds is 9. The molecule has 264 valence electrons. The van der Waals surface area contributed by atoms with Crippen LogP contribution in [0, 0.1) is 0 Å². The highest BCUT2D eigenvalue weighted by atomic mass is 32.2. The minimum Gasteiger partial charge on any atom is -0.504 e. The minimum atomic E-state index is -3.60. The Hall–Kier alpha value is -5.78. The Balaban J connectivity index is 1.73. The van der Waals surface area contributed by atoms with Crippen LogP contribution >= 0.6 is 0 Å². The van der Waals surface area contributed by atoms with Crippen LogP contribution in [0.2, 0.25) is 0 Å². The zero-order valence-electron chi connectivity index (χ0n) is 23.9. The van der Waals surface area contributed by atoms with Crippen LogP contribution in [0.3, 0.4) is 0 Å². The number of carbonyl (C=O) groups excluding carboxylic acids is 3. The summed E-state index contributed by atoms with van der Waals surface area (Å²) in [4.78, 5) is 38.7. The summed E-state index contributed by atoms with van der Waals surface area (Å²) in [6, 6.07) is 3.50. The fourth-order valence-corrected chi connectivity index (χ4v) is 4.64. The van der Waals surface area contributed by atoms with E-state index in [4.69, 9.17) is 18.9 Å². The van der Waals surface area contributed by atoms with E-state index in [-0.39, 0.29) is 0 Å². The first kappa shape index (κ1) is 36.1. The third kappa shape index (κ3) is 7.38. The molecule has 4 rings (SSSR count). The molecule has 0 amide bonds. The van der Waals surface area contributed by atoms with Crippen molar-refractivity contribution in [1.29, 1.82) is 0 Å². The number of benzene rings is 3. The minimum absolute atomic E-state index is 0.522. The molecule has 6 atom stereocenters. The summed E-state index contributed by atoms with van der Waals surface area (Å²) in [6.45, 7) is -1.19. The van der Waals surface area contributed by atoms with E-state index in [9.17, 15) is 79.3 Å². The topological polar surface area (TPSA) is 357 Å². The van der Waals surface area contributed by atoms with Gasteiger partial charge in [0, 0.05) is 0 Å². The number of phenols is 9. The standard InChI is InChI=1S/C27H24O21S/c28-11-1-8(2-12(29)18(11)34)24(39)44-7-17-21(37)22(45-25(40)9-3-13(30)19(35)14(31)4-9)23(38)27(46-17,48-49(42)43)47-26(41)10-5-15(32)20(36)16(33)6-10/h1-6,17,21-23,28-38H,7H2,(H,42,43)/t17-,21-,22+,23-,27+/m1/s1. The van der Waals surface area contributed by atoms with Crippen LogP contribution in [0.4, 0.5) is 0 Å². The molecule has 12 N–H and O–H groups in total. The third-order valence-corrected chi connectivity index (χ3v) is 7.04. The number of esters is 3. The van der Waals surface area contributed by atoms with Crippen LogP contribution in [-0.2, 0) is 34.5 Å². The van der Waals surface area contributed by atoms with Gasteiger partial charge in [0.05, 0.1) is 16.7 Å². The van der Waals surface area contributed by atoms with E-state index >= 15 is 0 Å². The molecule has 1 fully saturated rings. The quantitative estimate of drug-likeness (QED) is 0.0424. The molecule has 1 unspecified atom stereocenters. The molecule has 3 aromatic carbocycles. The lowest BCUT2D eigenvalue weighted by Gasteiger charge is -2.46. The molecule has 0 radical (unpaired) electrons. The van der Waals surface area contributed by atoms with Gasteiger partial charge in [0.1, 0.15) is 18.8 Å². The van der Waals surface area contributed by atoms with Crippen molar-refractivity contribution in [2.45, 2.75) is 30.4 Å². The number of hydrogen-bond donors (Lipinski definition) is 12. The first-order valence-corrected chi connectivity index (χ1v) is 14.1. The second kappa shape index (κ2) is 13.8. The van der Waals surface area contributed by atoms with Gasteiger partial charge >= 0.3 is 35.2 Å². The van der Waals surface area contributed by atoms with Crippen molar-refractivity contribution in [3.63, 3.8) is 0 Å². The van der Waals surface area contributed by atoms with E-state index in [1.807, 2.05) is 0 Å². The van der Waals surface area contributed by atoms with E-state index in [1.165, 1.54) is 0 Å². The predicted octanol–water partition coefficient (Wildman–Crippen LogP) is -0.796. The largest absolute Gasteiger partial charge is 0.504 e. The Kier molecular flexibility index (Phi) is 10.1. The zero-order chi connectivity index (χ0) is 36.5. The lowest BCUT2D eigenvalue weighted by molar-refractivity contribution is -0.416. The normalized spacial score (nSPS) is 22.5. The summed E-state index contributed by atoms with van der Waals surface area (Å²) in [5.74, 6) is -17.6. The molecular weight excluding hydrogens is 692 g/mol. The summed E-state index contributed by atoms with van der Waals surface area (Å²) in [6.07, 6.45) is -9.77. The SMILES string of the molecule is O=C(OC[C@H]1O[C@@](OC(=O)c2cc(O)c(O)c(O)c2)(OS(=O)O)[C@H](O)[C@@H](OC(=O)c2cc(O)c(O)c(O)c2)[C@@H]1O)c1cc(O)c(O)c(O)c1. The lowest BCUT2D eigenvalue weighted by atomic mass is 9.97. The van der Waals surface area contributed by atoms with Gasteiger partial charge in [-0.1, -0.05) is 0 Å². The van der Waals surface area contributed by atoms with Crippen molar-refractivity contribution >= 4 is 29.3 Å². The van der Waals surface area contributed by atoms with E-state index in [0.717, 1.165) is 0 Å². The maximum absolute atomic E-state index is 13.1. The van der Waals surface area contributed by atoms with Gasteiger partial charge in [-0.15, -0.1) is 0 Å². The summed E-state index contributed by atoms with van der Waals surface area (Å²) >= 11 is -3.56. The summed E-state index contributed by atoms with van der Waals surface area (Å²) in [5, 5.41) is 109. The van der Waals surface area contributed by atoms with Gasteiger partial charge in [0.25, 0.3) is 0 Å². The number of aliphatic hydroxyl groups is 2. The lowest BCUT2D eigenvalue weighted by Crippen LogP contribution is -2.68. The van der Waals surface area contributed by atoms with Gasteiger partial charge in [-0.05, 0) is 36.4 Å². The Morgan fingerprint density at radius 1 is 0.673 bits per heavy atom. The molecule has 1 aliphatic heterocycles. The van der Waals surface area contributed by atoms with E-state index in [1.54, 1.807) is 0 Å². The van der Waals surface area contributed by atoms with Gasteiger partial charge in [0.15, 0.2) is 64.0 Å². The number of aliphatic hydroxyl groups excluding tert-OH is 2. The van der Waals surface area contributed by atoms with Crippen molar-refractivity contribution in [3.05, 3.63) is 53.1 Å². The summed E-state index contributed by atoms with van der Waals surface area (Å²) in [7, 11) is 0. The number of carbonyl (C=O) groups is 3. The van der Waals surface area contributed by atoms with Crippen molar-refractivity contribution in [2.75, 3.05) is 6.61 Å². The fourth-order valence-electron chi connectivity index (χ4n) is 4.27. The first-order chi connectivity index (χ1) is 22.8. The molecular formula is C27H24O21S. The summed E-state index contributed by atoms with van der Waals surface area (Å²) < 4.78 is 46.4. The highest BCUT2D eigenvalue weighted by Crippen LogP contribution is 2.40. The molecule has 1 aliphatic rings. The molecule has 22 heteroatoms. The van der Waals surface area contributed by atoms with Crippen LogP contribution in [-0.4, -0.2) is 120 Å². The molecule has 3 aromatic rings. The van der Waals surface area contributed by atoms with Crippen LogP contribution < -0.4 is 0 Å². The van der Waals surface area contributed by atoms with E-state index in [2.05, 4.69) is 4.18 Å². The maximum atomic E-state index is 13.1. The van der Waals surface area contributed by atoms with Crippen LogP contribution in [0.5, 0.6) is 51.7 Å². The maximum Gasteiger partial charge on any atom is 0.375 e. The van der Waals surface area contributed by atoms with Gasteiger partial charge in [-0.3, -0.25) is 4.55 Å². The Labute approximate surface area is 273 Å². The second-order valence-electron chi connectivity index (χ2n) is 9.94. The first-order valence-electron chi connectivity index (χ1n) is 13.1.